The molecule has 0 saturated carbocycles. The fourth-order valence-corrected chi connectivity index (χ4v) is 1.14. The molecule has 0 saturated heterocycles. The quantitative estimate of drug-likeness (QED) is 0.612. The summed E-state index contributed by atoms with van der Waals surface area (Å²) in [6, 6.07) is 0. The van der Waals surface area contributed by atoms with E-state index in [1.165, 1.54) is 6.40 Å². The zero-order chi connectivity index (χ0) is 9.03. The van der Waals surface area contributed by atoms with Gasteiger partial charge in [0.1, 0.15) is 6.10 Å². The number of rotatable bonds is 4. The van der Waals surface area contributed by atoms with Crippen molar-refractivity contribution in [3.05, 3.63) is 0 Å². The van der Waals surface area contributed by atoms with Crippen molar-refractivity contribution in [1.29, 1.82) is 0 Å². The minimum atomic E-state index is -4.32. The number of hydrogen-bond acceptors (Lipinski definition) is 4. The van der Waals surface area contributed by atoms with Crippen LogP contribution < -0.4 is 0 Å². The molecular formula is C5H10NO5P. The molecule has 12 heavy (non-hydrogen) atoms. The van der Waals surface area contributed by atoms with E-state index >= 15 is 0 Å². The van der Waals surface area contributed by atoms with Crippen LogP contribution in [0, 0.1) is 0 Å². The van der Waals surface area contributed by atoms with E-state index in [1.807, 2.05) is 0 Å². The Morgan fingerprint density at radius 3 is 3.00 bits per heavy atom. The third kappa shape index (κ3) is 3.82. The second-order valence-electron chi connectivity index (χ2n) is 2.34. The Balaban J connectivity index is 2.07. The molecule has 1 atom stereocenters. The van der Waals surface area contributed by atoms with E-state index in [0.717, 1.165) is 0 Å². The Kier molecular flexibility index (Phi) is 3.22. The number of ether oxygens (including phenoxy) is 1. The molecule has 7 heteroatoms. The smallest absolute Gasteiger partial charge is 0.469 e. The summed E-state index contributed by atoms with van der Waals surface area (Å²) < 4.78 is 19.4. The van der Waals surface area contributed by atoms with Gasteiger partial charge in [0.05, 0.1) is 13.2 Å². The SMILES string of the molecule is O=P(O)(O)OCCC1CN=CO1. The van der Waals surface area contributed by atoms with Crippen LogP contribution >= 0.6 is 7.82 Å². The van der Waals surface area contributed by atoms with E-state index in [9.17, 15) is 4.57 Å². The summed E-state index contributed by atoms with van der Waals surface area (Å²) in [6.07, 6.45) is 1.67. The number of nitrogens with zero attached hydrogens (tertiary/aromatic N) is 1. The fraction of sp³-hybridized carbons (Fsp3) is 0.800. The van der Waals surface area contributed by atoms with Gasteiger partial charge in [-0.3, -0.25) is 9.52 Å². The largest absolute Gasteiger partial charge is 0.478 e. The number of phosphoric acid groups is 1. The second-order valence-corrected chi connectivity index (χ2v) is 3.58. The molecule has 6 nitrogen and oxygen atoms in total. The van der Waals surface area contributed by atoms with Gasteiger partial charge in [-0.05, 0) is 0 Å². The second kappa shape index (κ2) is 4.00. The van der Waals surface area contributed by atoms with Crippen molar-refractivity contribution in [3.63, 3.8) is 0 Å². The lowest BCUT2D eigenvalue weighted by Gasteiger charge is -2.08. The topological polar surface area (TPSA) is 88.4 Å². The van der Waals surface area contributed by atoms with Crippen molar-refractivity contribution < 1.29 is 23.6 Å². The number of hydrogen-bond donors (Lipinski definition) is 2. The molecular weight excluding hydrogens is 185 g/mol. The molecule has 0 radical (unpaired) electrons. The van der Waals surface area contributed by atoms with E-state index in [2.05, 4.69) is 9.52 Å². The van der Waals surface area contributed by atoms with Crippen molar-refractivity contribution in [2.45, 2.75) is 12.5 Å². The highest BCUT2D eigenvalue weighted by molar-refractivity contribution is 7.46. The molecule has 0 aromatic rings. The van der Waals surface area contributed by atoms with Crippen molar-refractivity contribution >= 4 is 14.2 Å². The van der Waals surface area contributed by atoms with Gasteiger partial charge >= 0.3 is 7.82 Å². The van der Waals surface area contributed by atoms with Crippen LogP contribution in [-0.4, -0.2) is 35.4 Å². The maximum absolute atomic E-state index is 10.2. The van der Waals surface area contributed by atoms with Gasteiger partial charge in [-0.2, -0.15) is 0 Å². The minimum Gasteiger partial charge on any atom is -0.478 e. The van der Waals surface area contributed by atoms with Crippen molar-refractivity contribution in [3.8, 4) is 0 Å². The predicted octanol–water partition coefficient (Wildman–Crippen LogP) is -0.0871. The minimum absolute atomic E-state index is 0.0156. The van der Waals surface area contributed by atoms with Crippen LogP contribution in [0.15, 0.2) is 4.99 Å². The molecule has 1 aliphatic rings. The van der Waals surface area contributed by atoms with Gasteiger partial charge in [-0.1, -0.05) is 0 Å². The molecule has 0 amide bonds. The Labute approximate surface area is 69.5 Å². The first-order valence-electron chi connectivity index (χ1n) is 3.42. The first-order chi connectivity index (χ1) is 5.58. The molecule has 70 valence electrons. The van der Waals surface area contributed by atoms with E-state index in [-0.39, 0.29) is 12.7 Å². The van der Waals surface area contributed by atoms with Crippen LogP contribution in [0.25, 0.3) is 0 Å². The molecule has 1 unspecified atom stereocenters. The molecule has 1 aliphatic heterocycles. The molecule has 0 spiro atoms. The van der Waals surface area contributed by atoms with Gasteiger partial charge in [-0.15, -0.1) is 0 Å². The highest BCUT2D eigenvalue weighted by atomic mass is 31.2. The van der Waals surface area contributed by atoms with Crippen LogP contribution in [0.4, 0.5) is 0 Å². The Hall–Kier alpha value is -0.420. The normalized spacial score (nSPS) is 22.7. The van der Waals surface area contributed by atoms with Crippen LogP contribution in [0.1, 0.15) is 6.42 Å². The van der Waals surface area contributed by atoms with Gasteiger partial charge in [0.15, 0.2) is 6.40 Å². The summed E-state index contributed by atoms with van der Waals surface area (Å²) in [7, 11) is -4.32. The maximum Gasteiger partial charge on any atom is 0.469 e. The Morgan fingerprint density at radius 2 is 2.50 bits per heavy atom. The van der Waals surface area contributed by atoms with Crippen molar-refractivity contribution in [1.82, 2.24) is 0 Å². The summed E-state index contributed by atoms with van der Waals surface area (Å²) >= 11 is 0. The first-order valence-corrected chi connectivity index (χ1v) is 4.95. The third-order valence-electron chi connectivity index (χ3n) is 1.34. The van der Waals surface area contributed by atoms with Gasteiger partial charge in [0, 0.05) is 6.42 Å². The molecule has 0 aromatic carbocycles. The van der Waals surface area contributed by atoms with Crippen molar-refractivity contribution in [2.75, 3.05) is 13.2 Å². The zero-order valence-corrected chi connectivity index (χ0v) is 7.18. The highest BCUT2D eigenvalue weighted by Crippen LogP contribution is 2.35. The van der Waals surface area contributed by atoms with Crippen molar-refractivity contribution in [2.24, 2.45) is 4.99 Å². The average Bonchev–Trinajstić information content (AvgIpc) is 2.36. The van der Waals surface area contributed by atoms with E-state index in [0.29, 0.717) is 13.0 Å². The first kappa shape index (κ1) is 9.67. The fourth-order valence-electron chi connectivity index (χ4n) is 0.795. The molecule has 1 heterocycles. The van der Waals surface area contributed by atoms with Gasteiger partial charge in [0.25, 0.3) is 0 Å². The van der Waals surface area contributed by atoms with Crippen LogP contribution in [0.5, 0.6) is 0 Å². The van der Waals surface area contributed by atoms with E-state index < -0.39 is 7.82 Å². The summed E-state index contributed by atoms with van der Waals surface area (Å²) in [4.78, 5) is 20.4. The van der Waals surface area contributed by atoms with Crippen LogP contribution in [-0.2, 0) is 13.8 Å². The molecule has 0 bridgehead atoms. The van der Waals surface area contributed by atoms with Gasteiger partial charge in [-0.25, -0.2) is 4.57 Å². The number of phosphoric ester groups is 1. The van der Waals surface area contributed by atoms with Crippen LogP contribution in [0.2, 0.25) is 0 Å². The summed E-state index contributed by atoms with van der Waals surface area (Å²) in [5.74, 6) is 0. The number of aliphatic imine (C=N–C) groups is 1. The summed E-state index contributed by atoms with van der Waals surface area (Å²) in [5.41, 5.74) is 0. The van der Waals surface area contributed by atoms with E-state index in [1.54, 1.807) is 0 Å². The van der Waals surface area contributed by atoms with E-state index in [4.69, 9.17) is 14.5 Å². The monoisotopic (exact) mass is 195 g/mol. The average molecular weight is 195 g/mol. The van der Waals surface area contributed by atoms with Gasteiger partial charge in [0.2, 0.25) is 0 Å². The maximum atomic E-state index is 10.2. The zero-order valence-electron chi connectivity index (χ0n) is 6.29. The summed E-state index contributed by atoms with van der Waals surface area (Å²) in [5, 5.41) is 0. The highest BCUT2D eigenvalue weighted by Gasteiger charge is 2.17. The van der Waals surface area contributed by atoms with Gasteiger partial charge < -0.3 is 14.5 Å². The lowest BCUT2D eigenvalue weighted by atomic mass is 10.3. The Bertz CT molecular complexity index is 204. The lowest BCUT2D eigenvalue weighted by Crippen LogP contribution is -2.12. The van der Waals surface area contributed by atoms with Crippen LogP contribution in [0.3, 0.4) is 0 Å². The molecule has 0 aliphatic carbocycles. The molecule has 0 fully saturated rings. The molecule has 1 rings (SSSR count). The molecule has 2 N–H and O–H groups in total. The molecule has 0 aromatic heterocycles. The third-order valence-corrected chi connectivity index (χ3v) is 1.86. The standard InChI is InChI=1S/C5H10NO5P/c7-12(8,9)11-2-1-5-3-6-4-10-5/h4-5H,1-3H2,(H2,7,8,9). The Morgan fingerprint density at radius 1 is 1.75 bits per heavy atom. The lowest BCUT2D eigenvalue weighted by molar-refractivity contribution is 0.152. The predicted molar refractivity (Wildman–Crippen MR) is 40.8 cm³/mol. The summed E-state index contributed by atoms with van der Waals surface area (Å²) in [6.45, 7) is 0.517.